The minimum absolute atomic E-state index is 0.112. The van der Waals surface area contributed by atoms with Crippen LogP contribution in [0.1, 0.15) is 5.82 Å². The molecule has 0 aliphatic carbocycles. The summed E-state index contributed by atoms with van der Waals surface area (Å²) in [5.74, 6) is 1.03. The van der Waals surface area contributed by atoms with Gasteiger partial charge in [-0.3, -0.25) is 0 Å². The summed E-state index contributed by atoms with van der Waals surface area (Å²) in [6.45, 7) is -0.112. The van der Waals surface area contributed by atoms with Gasteiger partial charge in [0, 0.05) is 6.07 Å². The molecular formula is C8H9N3O2. The first-order chi connectivity index (χ1) is 6.33. The van der Waals surface area contributed by atoms with Crippen LogP contribution in [0.5, 0.6) is 5.88 Å². The highest BCUT2D eigenvalue weighted by Crippen LogP contribution is 2.13. The van der Waals surface area contributed by atoms with Crippen LogP contribution in [0.25, 0.3) is 11.2 Å². The van der Waals surface area contributed by atoms with Crippen molar-refractivity contribution < 1.29 is 9.84 Å². The van der Waals surface area contributed by atoms with Crippen LogP contribution < -0.4 is 4.74 Å². The third kappa shape index (κ3) is 1.33. The quantitative estimate of drug-likeness (QED) is 0.702. The van der Waals surface area contributed by atoms with Gasteiger partial charge in [-0.05, 0) is 6.07 Å². The number of rotatable bonds is 2. The molecule has 5 heteroatoms. The fraction of sp³-hybridized carbons (Fsp3) is 0.250. The van der Waals surface area contributed by atoms with Gasteiger partial charge < -0.3 is 14.8 Å². The molecule has 0 aromatic carbocycles. The molecule has 68 valence electrons. The van der Waals surface area contributed by atoms with E-state index >= 15 is 0 Å². The van der Waals surface area contributed by atoms with Crippen molar-refractivity contribution in [2.24, 2.45) is 0 Å². The van der Waals surface area contributed by atoms with Crippen molar-refractivity contribution in [1.29, 1.82) is 0 Å². The average molecular weight is 179 g/mol. The van der Waals surface area contributed by atoms with Crippen molar-refractivity contribution in [2.45, 2.75) is 6.61 Å². The lowest BCUT2D eigenvalue weighted by molar-refractivity contribution is 0.273. The molecule has 0 fully saturated rings. The number of nitrogens with one attached hydrogen (secondary N) is 1. The maximum absolute atomic E-state index is 8.81. The number of H-pyrrole nitrogens is 1. The van der Waals surface area contributed by atoms with Crippen LogP contribution in [0.3, 0.4) is 0 Å². The monoisotopic (exact) mass is 179 g/mol. The third-order valence-electron chi connectivity index (χ3n) is 1.73. The Bertz CT molecular complexity index is 422. The van der Waals surface area contributed by atoms with Crippen LogP contribution in [0, 0.1) is 0 Å². The van der Waals surface area contributed by atoms with Crippen LogP contribution in [-0.4, -0.2) is 27.2 Å². The Balaban J connectivity index is 2.57. The fourth-order valence-corrected chi connectivity index (χ4v) is 1.11. The first-order valence-electron chi connectivity index (χ1n) is 3.84. The highest BCUT2D eigenvalue weighted by Gasteiger charge is 2.03. The van der Waals surface area contributed by atoms with Crippen molar-refractivity contribution in [1.82, 2.24) is 15.0 Å². The molecule has 2 rings (SSSR count). The molecule has 0 saturated carbocycles. The molecule has 0 spiro atoms. The fourth-order valence-electron chi connectivity index (χ4n) is 1.11. The van der Waals surface area contributed by atoms with Gasteiger partial charge in [-0.2, -0.15) is 4.98 Å². The van der Waals surface area contributed by atoms with Gasteiger partial charge in [0.1, 0.15) is 12.4 Å². The van der Waals surface area contributed by atoms with Gasteiger partial charge in [0.2, 0.25) is 5.88 Å². The van der Waals surface area contributed by atoms with Crippen LogP contribution in [-0.2, 0) is 6.61 Å². The molecule has 2 heterocycles. The van der Waals surface area contributed by atoms with Crippen LogP contribution in [0.4, 0.5) is 0 Å². The number of pyridine rings is 1. The molecular weight excluding hydrogens is 170 g/mol. The summed E-state index contributed by atoms with van der Waals surface area (Å²) in [6.07, 6.45) is 0. The van der Waals surface area contributed by atoms with Gasteiger partial charge in [0.15, 0.2) is 5.65 Å². The molecule has 0 aliphatic heterocycles. The summed E-state index contributed by atoms with van der Waals surface area (Å²) >= 11 is 0. The topological polar surface area (TPSA) is 71.0 Å². The molecule has 5 nitrogen and oxygen atoms in total. The molecule has 0 atom stereocenters. The molecule has 0 amide bonds. The number of fused-ring (bicyclic) bond motifs is 1. The van der Waals surface area contributed by atoms with E-state index in [4.69, 9.17) is 9.84 Å². The summed E-state index contributed by atoms with van der Waals surface area (Å²) in [6, 6.07) is 3.55. The minimum atomic E-state index is -0.112. The summed E-state index contributed by atoms with van der Waals surface area (Å²) in [4.78, 5) is 11.0. The lowest BCUT2D eigenvalue weighted by Gasteiger charge is -1.95. The summed E-state index contributed by atoms with van der Waals surface area (Å²) in [5, 5.41) is 8.81. The van der Waals surface area contributed by atoms with Gasteiger partial charge in [0.05, 0.1) is 12.6 Å². The molecule has 2 aromatic heterocycles. The molecule has 2 N–H and O–H groups in total. The van der Waals surface area contributed by atoms with Gasteiger partial charge in [-0.15, -0.1) is 0 Å². The Morgan fingerprint density at radius 2 is 2.31 bits per heavy atom. The molecule has 0 bridgehead atoms. The zero-order valence-corrected chi connectivity index (χ0v) is 7.11. The number of aliphatic hydroxyl groups excluding tert-OH is 1. The van der Waals surface area contributed by atoms with E-state index in [9.17, 15) is 0 Å². The average Bonchev–Trinajstić information content (AvgIpc) is 2.58. The molecule has 13 heavy (non-hydrogen) atoms. The summed E-state index contributed by atoms with van der Waals surface area (Å²) in [5.41, 5.74) is 1.35. The highest BCUT2D eigenvalue weighted by molar-refractivity contribution is 5.71. The number of hydrogen-bond acceptors (Lipinski definition) is 4. The Labute approximate surface area is 74.4 Å². The van der Waals surface area contributed by atoms with Crippen LogP contribution in [0.2, 0.25) is 0 Å². The lowest BCUT2D eigenvalue weighted by Crippen LogP contribution is -1.87. The van der Waals surface area contributed by atoms with Crippen molar-refractivity contribution in [3.05, 3.63) is 18.0 Å². The first kappa shape index (κ1) is 8.00. The number of nitrogens with zero attached hydrogens (tertiary/aromatic N) is 2. The van der Waals surface area contributed by atoms with E-state index < -0.39 is 0 Å². The number of ether oxygens (including phenoxy) is 1. The Hall–Kier alpha value is -1.62. The minimum Gasteiger partial charge on any atom is -0.481 e. The maximum Gasteiger partial charge on any atom is 0.215 e. The predicted molar refractivity (Wildman–Crippen MR) is 46.4 cm³/mol. The molecule has 0 unspecified atom stereocenters. The Morgan fingerprint density at radius 1 is 1.46 bits per heavy atom. The number of hydrogen-bond donors (Lipinski definition) is 2. The van der Waals surface area contributed by atoms with Crippen LogP contribution in [0.15, 0.2) is 12.1 Å². The van der Waals surface area contributed by atoms with E-state index in [0.29, 0.717) is 17.4 Å². The van der Waals surface area contributed by atoms with Gasteiger partial charge in [0.25, 0.3) is 0 Å². The number of methoxy groups -OCH3 is 1. The van der Waals surface area contributed by atoms with E-state index in [2.05, 4.69) is 15.0 Å². The second-order valence-corrected chi connectivity index (χ2v) is 2.57. The highest BCUT2D eigenvalue weighted by atomic mass is 16.5. The number of aromatic nitrogens is 3. The van der Waals surface area contributed by atoms with Crippen LogP contribution >= 0.6 is 0 Å². The smallest absolute Gasteiger partial charge is 0.215 e. The second-order valence-electron chi connectivity index (χ2n) is 2.57. The van der Waals surface area contributed by atoms with E-state index in [1.165, 1.54) is 0 Å². The zero-order valence-electron chi connectivity index (χ0n) is 7.11. The summed E-state index contributed by atoms with van der Waals surface area (Å²) in [7, 11) is 1.55. The van der Waals surface area contributed by atoms with Crippen molar-refractivity contribution in [2.75, 3.05) is 7.11 Å². The zero-order chi connectivity index (χ0) is 9.26. The van der Waals surface area contributed by atoms with E-state index in [-0.39, 0.29) is 6.61 Å². The van der Waals surface area contributed by atoms with Gasteiger partial charge in [-0.25, -0.2) is 4.98 Å². The molecule has 2 aromatic rings. The number of aliphatic hydroxyl groups is 1. The largest absolute Gasteiger partial charge is 0.481 e. The predicted octanol–water partition coefficient (Wildman–Crippen LogP) is 0.459. The Kier molecular flexibility index (Phi) is 1.86. The Morgan fingerprint density at radius 3 is 3.00 bits per heavy atom. The second kappa shape index (κ2) is 3.02. The number of imidazole rings is 1. The van der Waals surface area contributed by atoms with Gasteiger partial charge >= 0.3 is 0 Å². The number of aromatic amines is 1. The standard InChI is InChI=1S/C8H9N3O2/c1-13-7-3-2-5-8(11-7)10-6(4-12)9-5/h2-3,12H,4H2,1H3,(H,9,10,11). The lowest BCUT2D eigenvalue weighted by atomic mass is 10.4. The normalized spacial score (nSPS) is 10.6. The molecule has 0 aliphatic rings. The van der Waals surface area contributed by atoms with Crippen molar-refractivity contribution in [3.8, 4) is 5.88 Å². The van der Waals surface area contributed by atoms with E-state index in [0.717, 1.165) is 5.52 Å². The van der Waals surface area contributed by atoms with E-state index in [1.54, 1.807) is 13.2 Å². The van der Waals surface area contributed by atoms with Crippen molar-refractivity contribution >= 4 is 11.2 Å². The summed E-state index contributed by atoms with van der Waals surface area (Å²) < 4.78 is 4.94. The maximum atomic E-state index is 8.81. The molecule has 0 radical (unpaired) electrons. The SMILES string of the molecule is COc1ccc2[nH]c(CO)nc2n1. The third-order valence-corrected chi connectivity index (χ3v) is 1.73. The van der Waals surface area contributed by atoms with Gasteiger partial charge in [-0.1, -0.05) is 0 Å². The molecule has 0 saturated heterocycles. The van der Waals surface area contributed by atoms with E-state index in [1.807, 2.05) is 6.07 Å². The first-order valence-corrected chi connectivity index (χ1v) is 3.84. The van der Waals surface area contributed by atoms with Crippen molar-refractivity contribution in [3.63, 3.8) is 0 Å².